The molecule has 1 fully saturated rings. The van der Waals surface area contributed by atoms with E-state index in [1.54, 1.807) is 0 Å². The summed E-state index contributed by atoms with van der Waals surface area (Å²) in [6.45, 7) is 8.62. The van der Waals surface area contributed by atoms with Gasteiger partial charge in [-0.15, -0.1) is 11.3 Å². The number of fused-ring (bicyclic) bond motifs is 1. The fourth-order valence-corrected chi connectivity index (χ4v) is 4.39. The number of ether oxygens (including phenoxy) is 1. The number of aromatic nitrogens is 3. The molecule has 2 aliphatic rings. The van der Waals surface area contributed by atoms with E-state index >= 15 is 0 Å². The van der Waals surface area contributed by atoms with Gasteiger partial charge in [0.2, 0.25) is 0 Å². The predicted octanol–water partition coefficient (Wildman–Crippen LogP) is 2.28. The molecule has 0 N–H and O–H groups in total. The van der Waals surface area contributed by atoms with E-state index in [1.807, 2.05) is 23.7 Å². The minimum Gasteiger partial charge on any atom is -0.378 e. The Bertz CT molecular complexity index is 713. The fourth-order valence-electron chi connectivity index (χ4n) is 3.39. The van der Waals surface area contributed by atoms with Crippen LogP contribution >= 0.6 is 11.3 Å². The van der Waals surface area contributed by atoms with Crippen molar-refractivity contribution in [3.05, 3.63) is 34.4 Å². The van der Waals surface area contributed by atoms with Gasteiger partial charge in [-0.1, -0.05) is 6.92 Å². The average molecular weight is 359 g/mol. The second-order valence-corrected chi connectivity index (χ2v) is 7.77. The summed E-state index contributed by atoms with van der Waals surface area (Å²) in [6.07, 6.45) is 7.16. The molecular weight excluding hydrogens is 334 g/mol. The maximum atomic E-state index is 5.42. The van der Waals surface area contributed by atoms with Gasteiger partial charge in [0.1, 0.15) is 5.82 Å². The van der Waals surface area contributed by atoms with Crippen LogP contribution in [0.2, 0.25) is 0 Å². The van der Waals surface area contributed by atoms with Crippen LogP contribution in [0.3, 0.4) is 0 Å². The number of rotatable bonds is 5. The number of hydrogen-bond donors (Lipinski definition) is 0. The molecule has 134 valence electrons. The normalized spacial score (nSPS) is 18.4. The van der Waals surface area contributed by atoms with E-state index in [2.05, 4.69) is 26.7 Å². The van der Waals surface area contributed by atoms with Crippen LogP contribution in [0.25, 0.3) is 0 Å². The Balaban J connectivity index is 1.38. The third kappa shape index (κ3) is 3.99. The Kier molecular flexibility index (Phi) is 5.24. The topological polar surface area (TPSA) is 54.4 Å². The van der Waals surface area contributed by atoms with Crippen molar-refractivity contribution in [2.75, 3.05) is 37.7 Å². The highest BCUT2D eigenvalue weighted by Gasteiger charge is 2.20. The Morgan fingerprint density at radius 1 is 1.16 bits per heavy atom. The third-order valence-electron chi connectivity index (χ3n) is 4.74. The van der Waals surface area contributed by atoms with Gasteiger partial charge in [-0.25, -0.2) is 15.0 Å². The van der Waals surface area contributed by atoms with E-state index in [9.17, 15) is 0 Å². The van der Waals surface area contributed by atoms with Gasteiger partial charge in [-0.2, -0.15) is 0 Å². The molecular formula is C18H25N5OS. The van der Waals surface area contributed by atoms with Gasteiger partial charge in [0.05, 0.1) is 13.2 Å². The fraction of sp³-hybridized carbons (Fsp3) is 0.611. The average Bonchev–Trinajstić information content (AvgIpc) is 3.11. The lowest BCUT2D eigenvalue weighted by atomic mass is 10.1. The molecule has 0 saturated carbocycles. The highest BCUT2D eigenvalue weighted by atomic mass is 32.1. The molecule has 6 nitrogen and oxygen atoms in total. The lowest BCUT2D eigenvalue weighted by molar-refractivity contribution is 0.122. The van der Waals surface area contributed by atoms with E-state index < -0.39 is 0 Å². The van der Waals surface area contributed by atoms with Crippen molar-refractivity contribution in [1.82, 2.24) is 19.9 Å². The lowest BCUT2D eigenvalue weighted by Gasteiger charge is -2.27. The summed E-state index contributed by atoms with van der Waals surface area (Å²) >= 11 is 1.81. The summed E-state index contributed by atoms with van der Waals surface area (Å²) in [6, 6.07) is 0. The van der Waals surface area contributed by atoms with E-state index in [0.717, 1.165) is 76.2 Å². The summed E-state index contributed by atoms with van der Waals surface area (Å²) in [5.74, 6) is 0.993. The molecule has 0 amide bonds. The van der Waals surface area contributed by atoms with Crippen molar-refractivity contribution >= 4 is 16.5 Å². The van der Waals surface area contributed by atoms with Crippen LogP contribution in [0.5, 0.6) is 0 Å². The zero-order valence-corrected chi connectivity index (χ0v) is 15.6. The standard InChI is InChI=1S/C18H25N5OS/c1-2-3-17-19-10-14-12-22(5-4-16(14)21-17)13-15-11-20-18(25-15)23-6-8-24-9-7-23/h10-11H,2-9,12-13H2,1H3. The second kappa shape index (κ2) is 7.76. The molecule has 7 heteroatoms. The van der Waals surface area contributed by atoms with Crippen LogP contribution < -0.4 is 4.90 Å². The number of nitrogens with zero attached hydrogens (tertiary/aromatic N) is 5. The largest absolute Gasteiger partial charge is 0.378 e. The predicted molar refractivity (Wildman–Crippen MR) is 99.0 cm³/mol. The molecule has 0 aliphatic carbocycles. The van der Waals surface area contributed by atoms with Gasteiger partial charge in [0.25, 0.3) is 0 Å². The van der Waals surface area contributed by atoms with Gasteiger partial charge >= 0.3 is 0 Å². The van der Waals surface area contributed by atoms with Crippen molar-refractivity contribution in [2.45, 2.75) is 39.3 Å². The molecule has 0 bridgehead atoms. The first-order valence-electron chi connectivity index (χ1n) is 9.15. The van der Waals surface area contributed by atoms with E-state index in [0.29, 0.717) is 0 Å². The van der Waals surface area contributed by atoms with Gasteiger partial charge in [-0.3, -0.25) is 4.90 Å². The Hall–Kier alpha value is -1.57. The van der Waals surface area contributed by atoms with Crippen molar-refractivity contribution in [1.29, 1.82) is 0 Å². The van der Waals surface area contributed by atoms with Crippen LogP contribution in [-0.4, -0.2) is 52.7 Å². The van der Waals surface area contributed by atoms with Crippen molar-refractivity contribution in [2.24, 2.45) is 0 Å². The first kappa shape index (κ1) is 16.9. The maximum absolute atomic E-state index is 5.42. The molecule has 0 spiro atoms. The Labute approximate surface area is 152 Å². The van der Waals surface area contributed by atoms with Crippen LogP contribution in [0.15, 0.2) is 12.4 Å². The minimum absolute atomic E-state index is 0.803. The highest BCUT2D eigenvalue weighted by molar-refractivity contribution is 7.15. The van der Waals surface area contributed by atoms with Gasteiger partial charge in [0.15, 0.2) is 5.13 Å². The van der Waals surface area contributed by atoms with Gasteiger partial charge in [0, 0.05) is 74.1 Å². The molecule has 4 rings (SSSR count). The molecule has 25 heavy (non-hydrogen) atoms. The van der Waals surface area contributed by atoms with Crippen LogP contribution in [0, 0.1) is 0 Å². The van der Waals surface area contributed by atoms with Crippen LogP contribution in [0.4, 0.5) is 5.13 Å². The minimum atomic E-state index is 0.803. The zero-order valence-electron chi connectivity index (χ0n) is 14.8. The van der Waals surface area contributed by atoms with Crippen molar-refractivity contribution < 1.29 is 4.74 Å². The molecule has 4 heterocycles. The number of aryl methyl sites for hydroxylation is 1. The summed E-state index contributed by atoms with van der Waals surface area (Å²) in [4.78, 5) is 20.0. The van der Waals surface area contributed by atoms with E-state index in [4.69, 9.17) is 9.72 Å². The van der Waals surface area contributed by atoms with Gasteiger partial charge in [-0.05, 0) is 6.42 Å². The number of thiazole rings is 1. The molecule has 1 saturated heterocycles. The summed E-state index contributed by atoms with van der Waals surface area (Å²) in [5, 5.41) is 1.13. The molecule has 0 aromatic carbocycles. The highest BCUT2D eigenvalue weighted by Crippen LogP contribution is 2.26. The quantitative estimate of drug-likeness (QED) is 0.816. The number of hydrogen-bond acceptors (Lipinski definition) is 7. The summed E-state index contributed by atoms with van der Waals surface area (Å²) < 4.78 is 5.42. The van der Waals surface area contributed by atoms with Crippen LogP contribution in [0.1, 0.15) is 35.3 Å². The zero-order chi connectivity index (χ0) is 17.1. The monoisotopic (exact) mass is 359 g/mol. The smallest absolute Gasteiger partial charge is 0.185 e. The Morgan fingerprint density at radius 3 is 2.88 bits per heavy atom. The SMILES string of the molecule is CCCc1ncc2c(n1)CCN(Cc1cnc(N3CCOCC3)s1)C2. The third-order valence-corrected chi connectivity index (χ3v) is 5.78. The van der Waals surface area contributed by atoms with Crippen molar-refractivity contribution in [3.8, 4) is 0 Å². The number of morpholine rings is 1. The Morgan fingerprint density at radius 2 is 2.04 bits per heavy atom. The van der Waals surface area contributed by atoms with Crippen molar-refractivity contribution in [3.63, 3.8) is 0 Å². The molecule has 2 aromatic heterocycles. The van der Waals surface area contributed by atoms with E-state index in [1.165, 1.54) is 16.1 Å². The molecule has 0 radical (unpaired) electrons. The lowest BCUT2D eigenvalue weighted by Crippen LogP contribution is -2.36. The first-order valence-corrected chi connectivity index (χ1v) is 9.97. The van der Waals surface area contributed by atoms with Crippen LogP contribution in [-0.2, 0) is 30.7 Å². The molecule has 0 atom stereocenters. The van der Waals surface area contributed by atoms with E-state index in [-0.39, 0.29) is 0 Å². The maximum Gasteiger partial charge on any atom is 0.185 e. The number of anilines is 1. The summed E-state index contributed by atoms with van der Waals surface area (Å²) in [7, 11) is 0. The summed E-state index contributed by atoms with van der Waals surface area (Å²) in [5.41, 5.74) is 2.53. The second-order valence-electron chi connectivity index (χ2n) is 6.68. The van der Waals surface area contributed by atoms with Gasteiger partial charge < -0.3 is 9.64 Å². The first-order chi connectivity index (χ1) is 12.3. The molecule has 2 aromatic rings. The molecule has 0 unspecified atom stereocenters. The molecule has 2 aliphatic heterocycles.